The third-order valence-electron chi connectivity index (χ3n) is 3.70. The summed E-state index contributed by atoms with van der Waals surface area (Å²) in [6.07, 6.45) is 12.1. The van der Waals surface area contributed by atoms with Gasteiger partial charge in [-0.3, -0.25) is 0 Å². The van der Waals surface area contributed by atoms with Crippen LogP contribution in [0.1, 0.15) is 51.4 Å². The molecule has 0 spiro atoms. The third kappa shape index (κ3) is 2.96. The van der Waals surface area contributed by atoms with E-state index in [1.54, 1.807) is 0 Å². The fourth-order valence-corrected chi connectivity index (χ4v) is 2.83. The maximum atomic E-state index is 3.63. The Balaban J connectivity index is 1.80. The Morgan fingerprint density at radius 3 is 1.86 bits per heavy atom. The first-order valence-corrected chi connectivity index (χ1v) is 6.43. The zero-order valence-corrected chi connectivity index (χ0v) is 9.23. The van der Waals surface area contributed by atoms with Crippen molar-refractivity contribution < 1.29 is 0 Å². The summed E-state index contributed by atoms with van der Waals surface area (Å²) in [5, 5.41) is 7.25. The molecule has 1 aliphatic carbocycles. The normalized spacial score (nSPS) is 28.3. The van der Waals surface area contributed by atoms with Crippen LogP contribution in [0.25, 0.3) is 0 Å². The van der Waals surface area contributed by atoms with Crippen LogP contribution in [0.3, 0.4) is 0 Å². The lowest BCUT2D eigenvalue weighted by Crippen LogP contribution is -2.52. The smallest absolute Gasteiger partial charge is 0.0600 e. The summed E-state index contributed by atoms with van der Waals surface area (Å²) in [5.74, 6) is 0.899. The van der Waals surface area contributed by atoms with Gasteiger partial charge in [0.25, 0.3) is 0 Å². The zero-order valence-electron chi connectivity index (χ0n) is 9.23. The monoisotopic (exact) mass is 196 g/mol. The first-order valence-electron chi connectivity index (χ1n) is 6.43. The Hall–Kier alpha value is -0.0800. The Morgan fingerprint density at radius 2 is 1.21 bits per heavy atom. The molecule has 0 aromatic carbocycles. The Morgan fingerprint density at radius 1 is 0.643 bits per heavy atom. The van der Waals surface area contributed by atoms with Crippen LogP contribution < -0.4 is 10.6 Å². The van der Waals surface area contributed by atoms with Crippen LogP contribution in [-0.2, 0) is 0 Å². The van der Waals surface area contributed by atoms with Gasteiger partial charge in [0, 0.05) is 0 Å². The highest BCUT2D eigenvalue weighted by Crippen LogP contribution is 2.24. The van der Waals surface area contributed by atoms with Crippen molar-refractivity contribution in [1.29, 1.82) is 0 Å². The second-order valence-corrected chi connectivity index (χ2v) is 4.84. The van der Waals surface area contributed by atoms with Gasteiger partial charge >= 0.3 is 0 Å². The molecule has 0 unspecified atom stereocenters. The molecule has 2 N–H and O–H groups in total. The van der Waals surface area contributed by atoms with Crippen LogP contribution in [0.5, 0.6) is 0 Å². The molecule has 0 amide bonds. The standard InChI is InChI=1S/C12H24N2/c1-2-4-7-11(8-5-3-1)12-13-9-6-10-14-12/h11-14H,1-10H2. The SMILES string of the molecule is C1CCCC(C2NCCCN2)CCC1. The summed E-state index contributed by atoms with van der Waals surface area (Å²) in [7, 11) is 0. The average Bonchev–Trinajstić information content (AvgIpc) is 2.18. The summed E-state index contributed by atoms with van der Waals surface area (Å²) in [4.78, 5) is 0. The van der Waals surface area contributed by atoms with Gasteiger partial charge in [0.15, 0.2) is 0 Å². The second-order valence-electron chi connectivity index (χ2n) is 4.84. The van der Waals surface area contributed by atoms with Gasteiger partial charge in [-0.15, -0.1) is 0 Å². The summed E-state index contributed by atoms with van der Waals surface area (Å²) >= 11 is 0. The van der Waals surface area contributed by atoms with Crippen molar-refractivity contribution in [3.8, 4) is 0 Å². The van der Waals surface area contributed by atoms with Crippen molar-refractivity contribution in [3.63, 3.8) is 0 Å². The van der Waals surface area contributed by atoms with Crippen molar-refractivity contribution in [3.05, 3.63) is 0 Å². The minimum absolute atomic E-state index is 0.627. The van der Waals surface area contributed by atoms with E-state index in [4.69, 9.17) is 0 Å². The molecule has 14 heavy (non-hydrogen) atoms. The van der Waals surface area contributed by atoms with Crippen molar-refractivity contribution >= 4 is 0 Å². The predicted octanol–water partition coefficient (Wildman–Crippen LogP) is 2.26. The zero-order chi connectivity index (χ0) is 9.64. The Labute approximate surface area is 87.8 Å². The molecule has 1 saturated heterocycles. The van der Waals surface area contributed by atoms with Crippen LogP contribution in [0.4, 0.5) is 0 Å². The van der Waals surface area contributed by atoms with Crippen molar-refractivity contribution in [2.45, 2.75) is 57.5 Å². The van der Waals surface area contributed by atoms with E-state index in [0.29, 0.717) is 6.17 Å². The summed E-state index contributed by atoms with van der Waals surface area (Å²) in [6, 6.07) is 0. The highest BCUT2D eigenvalue weighted by atomic mass is 15.1. The molecule has 2 fully saturated rings. The van der Waals surface area contributed by atoms with Crippen molar-refractivity contribution in [2.75, 3.05) is 13.1 Å². The minimum atomic E-state index is 0.627. The predicted molar refractivity (Wildman–Crippen MR) is 60.2 cm³/mol. The van der Waals surface area contributed by atoms with Crippen LogP contribution in [0.15, 0.2) is 0 Å². The Kier molecular flexibility index (Phi) is 4.26. The topological polar surface area (TPSA) is 24.1 Å². The van der Waals surface area contributed by atoms with E-state index in [1.807, 2.05) is 0 Å². The quantitative estimate of drug-likeness (QED) is 0.672. The summed E-state index contributed by atoms with van der Waals surface area (Å²) in [5.41, 5.74) is 0. The van der Waals surface area contributed by atoms with Gasteiger partial charge in [-0.25, -0.2) is 0 Å². The highest BCUT2D eigenvalue weighted by Gasteiger charge is 2.22. The van der Waals surface area contributed by atoms with Gasteiger partial charge in [0.05, 0.1) is 6.17 Å². The number of hydrogen-bond donors (Lipinski definition) is 2. The van der Waals surface area contributed by atoms with E-state index >= 15 is 0 Å². The van der Waals surface area contributed by atoms with Gasteiger partial charge in [-0.2, -0.15) is 0 Å². The first kappa shape index (κ1) is 10.4. The third-order valence-corrected chi connectivity index (χ3v) is 3.70. The molecule has 0 aromatic rings. The molecule has 2 heteroatoms. The maximum absolute atomic E-state index is 3.63. The molecule has 1 heterocycles. The molecular weight excluding hydrogens is 172 g/mol. The fourth-order valence-electron chi connectivity index (χ4n) is 2.83. The number of hydrogen-bond acceptors (Lipinski definition) is 2. The lowest BCUT2D eigenvalue weighted by Gasteiger charge is -2.33. The van der Waals surface area contributed by atoms with Gasteiger partial charge in [0.1, 0.15) is 0 Å². The highest BCUT2D eigenvalue weighted by molar-refractivity contribution is 4.79. The molecule has 1 saturated carbocycles. The Bertz CT molecular complexity index is 144. The molecule has 1 aliphatic heterocycles. The second kappa shape index (κ2) is 5.72. The number of rotatable bonds is 1. The van der Waals surface area contributed by atoms with E-state index < -0.39 is 0 Å². The van der Waals surface area contributed by atoms with E-state index in [-0.39, 0.29) is 0 Å². The maximum Gasteiger partial charge on any atom is 0.0600 e. The molecule has 82 valence electrons. The van der Waals surface area contributed by atoms with Gasteiger partial charge < -0.3 is 10.6 Å². The van der Waals surface area contributed by atoms with Crippen LogP contribution in [0, 0.1) is 5.92 Å². The van der Waals surface area contributed by atoms with E-state index in [9.17, 15) is 0 Å². The lowest BCUT2D eigenvalue weighted by molar-refractivity contribution is 0.227. The molecule has 0 atom stereocenters. The van der Waals surface area contributed by atoms with Gasteiger partial charge in [-0.05, 0) is 38.3 Å². The molecule has 0 aromatic heterocycles. The molecule has 2 nitrogen and oxygen atoms in total. The van der Waals surface area contributed by atoms with E-state index in [0.717, 1.165) is 5.92 Å². The number of nitrogens with one attached hydrogen (secondary N) is 2. The largest absolute Gasteiger partial charge is 0.302 e. The van der Waals surface area contributed by atoms with Gasteiger partial charge in [-0.1, -0.05) is 32.1 Å². The summed E-state index contributed by atoms with van der Waals surface area (Å²) < 4.78 is 0. The van der Waals surface area contributed by atoms with E-state index in [1.165, 1.54) is 64.5 Å². The van der Waals surface area contributed by atoms with Crippen LogP contribution in [-0.4, -0.2) is 19.3 Å². The molecule has 0 radical (unpaired) electrons. The molecule has 0 bridgehead atoms. The molecule has 2 rings (SSSR count). The average molecular weight is 196 g/mol. The molecular formula is C12H24N2. The van der Waals surface area contributed by atoms with Crippen molar-refractivity contribution in [2.24, 2.45) is 5.92 Å². The fraction of sp³-hybridized carbons (Fsp3) is 1.00. The van der Waals surface area contributed by atoms with Crippen molar-refractivity contribution in [1.82, 2.24) is 10.6 Å². The van der Waals surface area contributed by atoms with Crippen LogP contribution in [0.2, 0.25) is 0 Å². The minimum Gasteiger partial charge on any atom is -0.302 e. The van der Waals surface area contributed by atoms with Gasteiger partial charge in [0.2, 0.25) is 0 Å². The summed E-state index contributed by atoms with van der Waals surface area (Å²) in [6.45, 7) is 2.43. The molecule has 2 aliphatic rings. The van der Waals surface area contributed by atoms with Crippen LogP contribution >= 0.6 is 0 Å². The lowest BCUT2D eigenvalue weighted by atomic mass is 9.88. The first-order chi connectivity index (χ1) is 6.97. The van der Waals surface area contributed by atoms with E-state index in [2.05, 4.69) is 10.6 Å².